The molecule has 0 saturated heterocycles. The van der Waals surface area contributed by atoms with E-state index in [0.717, 1.165) is 13.0 Å². The van der Waals surface area contributed by atoms with E-state index in [1.165, 1.54) is 16.8 Å². The Morgan fingerprint density at radius 1 is 1.27 bits per heavy atom. The quantitative estimate of drug-likeness (QED) is 0.735. The molecule has 0 N–H and O–H groups in total. The van der Waals surface area contributed by atoms with E-state index in [1.807, 2.05) is 0 Å². The van der Waals surface area contributed by atoms with Crippen molar-refractivity contribution in [3.8, 4) is 0 Å². The van der Waals surface area contributed by atoms with Crippen LogP contribution in [0.25, 0.3) is 0 Å². The van der Waals surface area contributed by atoms with E-state index < -0.39 is 0 Å². The van der Waals surface area contributed by atoms with Gasteiger partial charge in [0.2, 0.25) is 0 Å². The number of fused-ring (bicyclic) bond motifs is 1. The van der Waals surface area contributed by atoms with Crippen LogP contribution in [0.5, 0.6) is 0 Å². The molecular formula is C13H18N2. The van der Waals surface area contributed by atoms with Gasteiger partial charge in [-0.2, -0.15) is 0 Å². The molecule has 0 radical (unpaired) electrons. The summed E-state index contributed by atoms with van der Waals surface area (Å²) in [6, 6.07) is 8.95. The van der Waals surface area contributed by atoms with Crippen LogP contribution in [0.2, 0.25) is 0 Å². The fourth-order valence-corrected chi connectivity index (χ4v) is 2.09. The van der Waals surface area contributed by atoms with Crippen LogP contribution in [-0.4, -0.2) is 31.3 Å². The van der Waals surface area contributed by atoms with Crippen molar-refractivity contribution in [2.45, 2.75) is 19.4 Å². The third kappa shape index (κ3) is 2.10. The summed E-state index contributed by atoms with van der Waals surface area (Å²) in [5, 5.41) is 0. The Bertz CT molecular complexity index is 380. The van der Waals surface area contributed by atoms with Crippen molar-refractivity contribution in [1.29, 1.82) is 0 Å². The van der Waals surface area contributed by atoms with Crippen molar-refractivity contribution in [3.05, 3.63) is 35.4 Å². The SMILES string of the molecule is CC1=NC(CCN(C)C)c2ccccc21. The normalized spacial score (nSPS) is 19.2. The van der Waals surface area contributed by atoms with Crippen molar-refractivity contribution in [2.24, 2.45) is 4.99 Å². The molecule has 1 aliphatic rings. The Morgan fingerprint density at radius 3 is 2.73 bits per heavy atom. The van der Waals surface area contributed by atoms with Gasteiger partial charge in [-0.05, 0) is 39.5 Å². The first-order valence-corrected chi connectivity index (χ1v) is 5.47. The van der Waals surface area contributed by atoms with E-state index in [-0.39, 0.29) is 0 Å². The van der Waals surface area contributed by atoms with Crippen molar-refractivity contribution in [2.75, 3.05) is 20.6 Å². The van der Waals surface area contributed by atoms with Crippen LogP contribution >= 0.6 is 0 Å². The second-order valence-corrected chi connectivity index (χ2v) is 4.41. The fourth-order valence-electron chi connectivity index (χ4n) is 2.09. The highest BCUT2D eigenvalue weighted by Crippen LogP contribution is 2.31. The summed E-state index contributed by atoms with van der Waals surface area (Å²) in [6.07, 6.45) is 1.11. The van der Waals surface area contributed by atoms with E-state index in [2.05, 4.69) is 50.2 Å². The number of hydrogen-bond donors (Lipinski definition) is 0. The minimum atomic E-state index is 0.378. The van der Waals surface area contributed by atoms with Gasteiger partial charge in [0.05, 0.1) is 6.04 Å². The third-order valence-corrected chi connectivity index (χ3v) is 2.91. The minimum Gasteiger partial charge on any atom is -0.309 e. The summed E-state index contributed by atoms with van der Waals surface area (Å²) in [5.74, 6) is 0. The largest absolute Gasteiger partial charge is 0.309 e. The lowest BCUT2D eigenvalue weighted by Crippen LogP contribution is -2.14. The maximum atomic E-state index is 4.72. The van der Waals surface area contributed by atoms with Crippen molar-refractivity contribution >= 4 is 5.71 Å². The molecule has 1 atom stereocenters. The molecule has 0 aliphatic carbocycles. The minimum absolute atomic E-state index is 0.378. The van der Waals surface area contributed by atoms with Crippen LogP contribution in [0.3, 0.4) is 0 Å². The molecule has 1 aromatic carbocycles. The number of rotatable bonds is 3. The number of hydrogen-bond acceptors (Lipinski definition) is 2. The maximum absolute atomic E-state index is 4.72. The van der Waals surface area contributed by atoms with Crippen molar-refractivity contribution < 1.29 is 0 Å². The van der Waals surface area contributed by atoms with Crippen LogP contribution in [0.1, 0.15) is 30.5 Å². The molecule has 0 amide bonds. The van der Waals surface area contributed by atoms with Crippen molar-refractivity contribution in [1.82, 2.24) is 4.90 Å². The first-order chi connectivity index (χ1) is 7.18. The Morgan fingerprint density at radius 2 is 2.00 bits per heavy atom. The van der Waals surface area contributed by atoms with Gasteiger partial charge >= 0.3 is 0 Å². The smallest absolute Gasteiger partial charge is 0.0771 e. The van der Waals surface area contributed by atoms with Gasteiger partial charge in [-0.1, -0.05) is 24.3 Å². The highest BCUT2D eigenvalue weighted by Gasteiger charge is 2.21. The molecule has 1 unspecified atom stereocenters. The number of nitrogens with zero attached hydrogens (tertiary/aromatic N) is 2. The average molecular weight is 202 g/mol. The summed E-state index contributed by atoms with van der Waals surface area (Å²) >= 11 is 0. The van der Waals surface area contributed by atoms with E-state index in [1.54, 1.807) is 0 Å². The summed E-state index contributed by atoms with van der Waals surface area (Å²) in [4.78, 5) is 6.93. The molecule has 0 aromatic heterocycles. The van der Waals surface area contributed by atoms with Gasteiger partial charge in [-0.15, -0.1) is 0 Å². The van der Waals surface area contributed by atoms with Gasteiger partial charge in [0.1, 0.15) is 0 Å². The van der Waals surface area contributed by atoms with Gasteiger partial charge in [0.25, 0.3) is 0 Å². The predicted molar refractivity (Wildman–Crippen MR) is 64.6 cm³/mol. The first kappa shape index (κ1) is 10.4. The third-order valence-electron chi connectivity index (χ3n) is 2.91. The molecule has 15 heavy (non-hydrogen) atoms. The molecular weight excluding hydrogens is 184 g/mol. The molecule has 1 aromatic rings. The van der Waals surface area contributed by atoms with E-state index in [0.29, 0.717) is 6.04 Å². The lowest BCUT2D eigenvalue weighted by Gasteiger charge is -2.13. The zero-order valence-corrected chi connectivity index (χ0v) is 9.70. The molecule has 0 fully saturated rings. The molecule has 1 heterocycles. The maximum Gasteiger partial charge on any atom is 0.0771 e. The van der Waals surface area contributed by atoms with Crippen LogP contribution in [0, 0.1) is 0 Å². The van der Waals surface area contributed by atoms with Gasteiger partial charge in [0.15, 0.2) is 0 Å². The zero-order chi connectivity index (χ0) is 10.8. The van der Waals surface area contributed by atoms with Crippen molar-refractivity contribution in [3.63, 3.8) is 0 Å². The summed E-state index contributed by atoms with van der Waals surface area (Å²) in [5.41, 5.74) is 3.92. The summed E-state index contributed by atoms with van der Waals surface area (Å²) in [7, 11) is 4.22. The molecule has 1 aliphatic heterocycles. The fraction of sp³-hybridized carbons (Fsp3) is 0.462. The molecule has 2 rings (SSSR count). The zero-order valence-electron chi connectivity index (χ0n) is 9.70. The number of aliphatic imine (C=N–C) groups is 1. The van der Waals surface area contributed by atoms with Gasteiger partial charge in [0, 0.05) is 11.3 Å². The molecule has 80 valence electrons. The van der Waals surface area contributed by atoms with E-state index in [4.69, 9.17) is 4.99 Å². The Balaban J connectivity index is 2.16. The lowest BCUT2D eigenvalue weighted by atomic mass is 10.0. The standard InChI is InChI=1S/C13H18N2/c1-10-11-6-4-5-7-12(11)13(14-10)8-9-15(2)3/h4-7,13H,8-9H2,1-3H3. The predicted octanol–water partition coefficient (Wildman–Crippen LogP) is 2.50. The molecule has 2 heteroatoms. The Kier molecular flexibility index (Phi) is 2.87. The molecule has 2 nitrogen and oxygen atoms in total. The molecule has 0 bridgehead atoms. The van der Waals surface area contributed by atoms with Crippen LogP contribution in [0.4, 0.5) is 0 Å². The van der Waals surface area contributed by atoms with Crippen LogP contribution in [-0.2, 0) is 0 Å². The first-order valence-electron chi connectivity index (χ1n) is 5.47. The monoisotopic (exact) mass is 202 g/mol. The van der Waals surface area contributed by atoms with E-state index >= 15 is 0 Å². The van der Waals surface area contributed by atoms with Crippen LogP contribution < -0.4 is 0 Å². The second kappa shape index (κ2) is 4.15. The average Bonchev–Trinajstić information content (AvgIpc) is 2.54. The van der Waals surface area contributed by atoms with Crippen LogP contribution in [0.15, 0.2) is 29.3 Å². The van der Waals surface area contributed by atoms with E-state index in [9.17, 15) is 0 Å². The Hall–Kier alpha value is -1.15. The highest BCUT2D eigenvalue weighted by molar-refractivity contribution is 6.02. The highest BCUT2D eigenvalue weighted by atomic mass is 15.1. The summed E-state index contributed by atoms with van der Waals surface area (Å²) in [6.45, 7) is 3.20. The number of benzene rings is 1. The second-order valence-electron chi connectivity index (χ2n) is 4.41. The molecule has 0 spiro atoms. The Labute approximate surface area is 91.6 Å². The lowest BCUT2D eigenvalue weighted by molar-refractivity contribution is 0.384. The van der Waals surface area contributed by atoms with Gasteiger partial charge in [-0.3, -0.25) is 4.99 Å². The molecule has 0 saturated carbocycles. The van der Waals surface area contributed by atoms with Gasteiger partial charge in [-0.25, -0.2) is 0 Å². The summed E-state index contributed by atoms with van der Waals surface area (Å²) < 4.78 is 0. The topological polar surface area (TPSA) is 15.6 Å². The van der Waals surface area contributed by atoms with Gasteiger partial charge < -0.3 is 4.90 Å².